The summed E-state index contributed by atoms with van der Waals surface area (Å²) >= 11 is 0. The first-order valence-electron chi connectivity index (χ1n) is 5.16. The van der Waals surface area contributed by atoms with Gasteiger partial charge in [-0.3, -0.25) is 4.68 Å². The van der Waals surface area contributed by atoms with E-state index in [0.29, 0.717) is 0 Å². The fourth-order valence-corrected chi connectivity index (χ4v) is 1.45. The van der Waals surface area contributed by atoms with E-state index in [1.54, 1.807) is 0 Å². The van der Waals surface area contributed by atoms with E-state index < -0.39 is 0 Å². The quantitative estimate of drug-likeness (QED) is 0.652. The van der Waals surface area contributed by atoms with E-state index in [4.69, 9.17) is 0 Å². The number of hydrogen-bond acceptors (Lipinski definition) is 3. The van der Waals surface area contributed by atoms with Gasteiger partial charge in [0.1, 0.15) is 0 Å². The van der Waals surface area contributed by atoms with Gasteiger partial charge in [0.15, 0.2) is 0 Å². The van der Waals surface area contributed by atoms with Gasteiger partial charge in [0.2, 0.25) is 0 Å². The van der Waals surface area contributed by atoms with Gasteiger partial charge in [-0.25, -0.2) is 0 Å². The van der Waals surface area contributed by atoms with E-state index in [-0.39, 0.29) is 0 Å². The molecular weight excluding hydrogens is 176 g/mol. The summed E-state index contributed by atoms with van der Waals surface area (Å²) in [4.78, 5) is 0. The summed E-state index contributed by atoms with van der Waals surface area (Å²) in [5, 5.41) is 10.9. The molecule has 0 aliphatic rings. The van der Waals surface area contributed by atoms with Crippen LogP contribution in [0.2, 0.25) is 0 Å². The van der Waals surface area contributed by atoms with Crippen LogP contribution in [0.4, 0.5) is 0 Å². The largest absolute Gasteiger partial charge is 0.318 e. The minimum absolute atomic E-state index is 0.899. The molecule has 0 aliphatic heterocycles. The Morgan fingerprint density at radius 1 is 1.43 bits per heavy atom. The van der Waals surface area contributed by atoms with Crippen LogP contribution in [0.5, 0.6) is 0 Å². The molecule has 4 nitrogen and oxygen atoms in total. The zero-order chi connectivity index (χ0) is 10.4. The highest BCUT2D eigenvalue weighted by Crippen LogP contribution is 2.02. The molecule has 0 unspecified atom stereocenters. The van der Waals surface area contributed by atoms with Crippen LogP contribution in [0.3, 0.4) is 0 Å². The van der Waals surface area contributed by atoms with Gasteiger partial charge in [0.05, 0.1) is 11.4 Å². The van der Waals surface area contributed by atoms with E-state index in [1.165, 1.54) is 5.69 Å². The average molecular weight is 196 g/mol. The molecule has 2 N–H and O–H groups in total. The van der Waals surface area contributed by atoms with Crippen molar-refractivity contribution >= 4 is 0 Å². The van der Waals surface area contributed by atoms with Crippen molar-refractivity contribution in [3.05, 3.63) is 17.5 Å². The van der Waals surface area contributed by atoms with Crippen LogP contribution in [0, 0.1) is 6.92 Å². The summed E-state index contributed by atoms with van der Waals surface area (Å²) < 4.78 is 2.04. The highest BCUT2D eigenvalue weighted by molar-refractivity contribution is 5.08. The number of nitrogens with zero attached hydrogens (tertiary/aromatic N) is 2. The van der Waals surface area contributed by atoms with E-state index in [9.17, 15) is 0 Å². The number of nitrogens with one attached hydrogen (secondary N) is 2. The average Bonchev–Trinajstić information content (AvgIpc) is 2.54. The van der Waals surface area contributed by atoms with Crippen molar-refractivity contribution in [1.82, 2.24) is 20.4 Å². The van der Waals surface area contributed by atoms with Gasteiger partial charge >= 0.3 is 0 Å². The molecular formula is C10H20N4. The predicted octanol–water partition coefficient (Wildman–Crippen LogP) is 0.520. The van der Waals surface area contributed by atoms with Crippen LogP contribution in [0.15, 0.2) is 6.07 Å². The van der Waals surface area contributed by atoms with Gasteiger partial charge in [0.25, 0.3) is 0 Å². The molecule has 1 rings (SSSR count). The molecule has 14 heavy (non-hydrogen) atoms. The number of aryl methyl sites for hydroxylation is 2. The Labute approximate surface area is 85.7 Å². The van der Waals surface area contributed by atoms with Crippen molar-refractivity contribution in [2.45, 2.75) is 26.9 Å². The highest BCUT2D eigenvalue weighted by atomic mass is 15.3. The van der Waals surface area contributed by atoms with E-state index in [1.807, 2.05) is 18.7 Å². The van der Waals surface area contributed by atoms with Crippen molar-refractivity contribution in [3.63, 3.8) is 0 Å². The second-order valence-electron chi connectivity index (χ2n) is 3.37. The number of rotatable bonds is 6. The molecule has 0 saturated carbocycles. The molecule has 1 aromatic heterocycles. The second kappa shape index (κ2) is 5.78. The van der Waals surface area contributed by atoms with Crippen molar-refractivity contribution in [2.75, 3.05) is 20.1 Å². The molecule has 0 radical (unpaired) electrons. The van der Waals surface area contributed by atoms with Crippen LogP contribution in [-0.2, 0) is 13.1 Å². The lowest BCUT2D eigenvalue weighted by molar-refractivity contribution is 0.573. The Morgan fingerprint density at radius 3 is 2.86 bits per heavy atom. The SMILES string of the molecule is CCn1nc(C)cc1CNCCNC. The zero-order valence-electron chi connectivity index (χ0n) is 9.30. The maximum absolute atomic E-state index is 4.39. The Bertz CT molecular complexity index is 267. The van der Waals surface area contributed by atoms with E-state index >= 15 is 0 Å². The second-order valence-corrected chi connectivity index (χ2v) is 3.37. The Kier molecular flexibility index (Phi) is 4.62. The third kappa shape index (κ3) is 3.12. The van der Waals surface area contributed by atoms with Gasteiger partial charge in [-0.05, 0) is 27.0 Å². The van der Waals surface area contributed by atoms with Crippen LogP contribution in [0.1, 0.15) is 18.3 Å². The van der Waals surface area contributed by atoms with Crippen molar-refractivity contribution in [3.8, 4) is 0 Å². The molecule has 1 aromatic rings. The molecule has 4 heteroatoms. The molecule has 0 aliphatic carbocycles. The van der Waals surface area contributed by atoms with Crippen LogP contribution in [0.25, 0.3) is 0 Å². The van der Waals surface area contributed by atoms with Gasteiger partial charge < -0.3 is 10.6 Å². The Hall–Kier alpha value is -0.870. The lowest BCUT2D eigenvalue weighted by atomic mass is 10.3. The molecule has 0 fully saturated rings. The standard InChI is InChI=1S/C10H20N4/c1-4-14-10(7-9(2)13-14)8-12-6-5-11-3/h7,11-12H,4-6,8H2,1-3H3. The molecule has 0 amide bonds. The molecule has 0 bridgehead atoms. The summed E-state index contributed by atoms with van der Waals surface area (Å²) in [7, 11) is 1.96. The summed E-state index contributed by atoms with van der Waals surface area (Å²) in [5.74, 6) is 0. The first-order chi connectivity index (χ1) is 6.77. The van der Waals surface area contributed by atoms with Crippen molar-refractivity contribution in [1.29, 1.82) is 0 Å². The lowest BCUT2D eigenvalue weighted by Gasteiger charge is -2.05. The van der Waals surface area contributed by atoms with Crippen LogP contribution >= 0.6 is 0 Å². The number of hydrogen-bond donors (Lipinski definition) is 2. The van der Waals surface area contributed by atoms with Gasteiger partial charge in [-0.2, -0.15) is 5.10 Å². The smallest absolute Gasteiger partial charge is 0.0597 e. The van der Waals surface area contributed by atoms with E-state index in [2.05, 4.69) is 28.7 Å². The first kappa shape index (κ1) is 11.2. The zero-order valence-corrected chi connectivity index (χ0v) is 9.30. The number of aromatic nitrogens is 2. The number of likely N-dealkylation sites (N-methyl/N-ethyl adjacent to an activating group) is 1. The van der Waals surface area contributed by atoms with Crippen LogP contribution < -0.4 is 10.6 Å². The summed E-state index contributed by atoms with van der Waals surface area (Å²) in [6.07, 6.45) is 0. The lowest BCUT2D eigenvalue weighted by Crippen LogP contribution is -2.25. The Morgan fingerprint density at radius 2 is 2.21 bits per heavy atom. The minimum atomic E-state index is 0.899. The molecule has 0 saturated heterocycles. The minimum Gasteiger partial charge on any atom is -0.318 e. The normalized spacial score (nSPS) is 10.8. The highest BCUT2D eigenvalue weighted by Gasteiger charge is 2.02. The van der Waals surface area contributed by atoms with Gasteiger partial charge in [0, 0.05) is 26.2 Å². The van der Waals surface area contributed by atoms with E-state index in [0.717, 1.165) is 31.9 Å². The van der Waals surface area contributed by atoms with Gasteiger partial charge in [-0.1, -0.05) is 0 Å². The Balaban J connectivity index is 2.41. The van der Waals surface area contributed by atoms with Crippen molar-refractivity contribution in [2.24, 2.45) is 0 Å². The molecule has 0 aromatic carbocycles. The molecule has 0 spiro atoms. The monoisotopic (exact) mass is 196 g/mol. The predicted molar refractivity (Wildman–Crippen MR) is 58.3 cm³/mol. The molecule has 0 atom stereocenters. The maximum Gasteiger partial charge on any atom is 0.0597 e. The van der Waals surface area contributed by atoms with Gasteiger partial charge in [-0.15, -0.1) is 0 Å². The maximum atomic E-state index is 4.39. The van der Waals surface area contributed by atoms with Crippen molar-refractivity contribution < 1.29 is 0 Å². The fourth-order valence-electron chi connectivity index (χ4n) is 1.45. The fraction of sp³-hybridized carbons (Fsp3) is 0.700. The topological polar surface area (TPSA) is 41.9 Å². The summed E-state index contributed by atoms with van der Waals surface area (Å²) in [6.45, 7) is 7.98. The third-order valence-corrected chi connectivity index (χ3v) is 2.14. The third-order valence-electron chi connectivity index (χ3n) is 2.14. The molecule has 1 heterocycles. The first-order valence-corrected chi connectivity index (χ1v) is 5.16. The summed E-state index contributed by atoms with van der Waals surface area (Å²) in [6, 6.07) is 2.13. The van der Waals surface area contributed by atoms with Crippen LogP contribution in [-0.4, -0.2) is 29.9 Å². The summed E-state index contributed by atoms with van der Waals surface area (Å²) in [5.41, 5.74) is 2.36. The molecule has 80 valence electrons.